The van der Waals surface area contributed by atoms with E-state index in [1.165, 1.54) is 44.1 Å². The maximum Gasteiger partial charge on any atom is 0.242 e. The zero-order valence-corrected chi connectivity index (χ0v) is 35.2. The lowest BCUT2D eigenvalue weighted by molar-refractivity contribution is 1.34. The van der Waals surface area contributed by atoms with Crippen molar-refractivity contribution in [2.75, 3.05) is 0 Å². The summed E-state index contributed by atoms with van der Waals surface area (Å²) < 4.78 is 0.999. The van der Waals surface area contributed by atoms with Gasteiger partial charge < -0.3 is 0 Å². The molecule has 0 aliphatic heterocycles. The molecule has 0 aliphatic carbocycles. The quantitative estimate of drug-likeness (QED) is 0.150. The number of benzene rings is 5. The van der Waals surface area contributed by atoms with Gasteiger partial charge in [0.25, 0.3) is 0 Å². The van der Waals surface area contributed by atoms with Gasteiger partial charge in [0.15, 0.2) is 0 Å². The predicted octanol–water partition coefficient (Wildman–Crippen LogP) is 9.80. The molecule has 0 bridgehead atoms. The van der Waals surface area contributed by atoms with Gasteiger partial charge in [-0.2, -0.15) is 0 Å². The zero-order chi connectivity index (χ0) is 36.4. The molecule has 0 unspecified atom stereocenters. The lowest BCUT2D eigenvalue weighted by Crippen LogP contribution is -2.60. The van der Waals surface area contributed by atoms with Crippen LogP contribution in [0.4, 0.5) is 0 Å². The molecule has 5 aromatic rings. The van der Waals surface area contributed by atoms with Crippen LogP contribution in [0.25, 0.3) is 0 Å². The smallest absolute Gasteiger partial charge is 0.0838 e. The van der Waals surface area contributed by atoms with Gasteiger partial charge in [0.05, 0.1) is 0 Å². The Bertz CT molecular complexity index is 1890. The van der Waals surface area contributed by atoms with Crippen LogP contribution < -0.4 is 32.8 Å². The van der Waals surface area contributed by atoms with E-state index in [4.69, 9.17) is 46.4 Å². The Balaban J connectivity index is 1.95. The van der Waals surface area contributed by atoms with Gasteiger partial charge in [-0.05, 0) is 128 Å². The standard InChI is InChI=1S/C42H43B2BrCl4/c1-20-13-24(5)39(46)28(9)35(20)43(36-21(2)14-25(6)40(47)29(36)10)32-17-33(19-34(45)18-32)44(37-22(3)15-26(7)41(48)30(37)11)38-23(4)16-27(8)42(49)31(38)12/h13-19H,1-12H3. The second-order valence-electron chi connectivity index (χ2n) is 14.1. The summed E-state index contributed by atoms with van der Waals surface area (Å²) in [6.07, 6.45) is 0. The van der Waals surface area contributed by atoms with Gasteiger partial charge >= 0.3 is 0 Å². The number of hydrogen-bond acceptors (Lipinski definition) is 0. The van der Waals surface area contributed by atoms with E-state index in [9.17, 15) is 0 Å². The minimum absolute atomic E-state index is 0.124. The Hall–Kier alpha value is -2.13. The van der Waals surface area contributed by atoms with E-state index in [0.717, 1.165) is 80.0 Å². The molecule has 252 valence electrons. The van der Waals surface area contributed by atoms with Gasteiger partial charge in [0.2, 0.25) is 13.4 Å². The van der Waals surface area contributed by atoms with E-state index < -0.39 is 0 Å². The normalized spacial score (nSPS) is 11.4. The third-order valence-corrected chi connectivity index (χ3v) is 13.3. The molecule has 5 aromatic carbocycles. The summed E-state index contributed by atoms with van der Waals surface area (Å²) >= 11 is 32.2. The highest BCUT2D eigenvalue weighted by molar-refractivity contribution is 9.10. The molecule has 0 aliphatic rings. The average molecular weight is 791 g/mol. The van der Waals surface area contributed by atoms with Crippen LogP contribution in [0.3, 0.4) is 0 Å². The maximum absolute atomic E-state index is 7.05. The molecule has 7 heteroatoms. The SMILES string of the molecule is Cc1cc(C)c(B(c2cc(Br)cc(B(c3c(C)cc(C)c(Cl)c3C)c3c(C)cc(C)c(Cl)c3C)c2)c2c(C)cc(C)c(Cl)c2C)c(C)c1Cl. The monoisotopic (exact) mass is 788 g/mol. The van der Waals surface area contributed by atoms with Gasteiger partial charge in [0.1, 0.15) is 0 Å². The highest BCUT2D eigenvalue weighted by Gasteiger charge is 2.34. The first-order chi connectivity index (χ1) is 22.9. The average Bonchev–Trinajstić information content (AvgIpc) is 3.02. The summed E-state index contributed by atoms with van der Waals surface area (Å²) in [5, 5.41) is 3.20. The van der Waals surface area contributed by atoms with Crippen LogP contribution in [0.2, 0.25) is 20.1 Å². The van der Waals surface area contributed by atoms with Gasteiger partial charge in [-0.25, -0.2) is 0 Å². The molecule has 49 heavy (non-hydrogen) atoms. The summed E-state index contributed by atoms with van der Waals surface area (Å²) in [5.74, 6) is 0. The van der Waals surface area contributed by atoms with Crippen molar-refractivity contribution < 1.29 is 0 Å². The highest BCUT2D eigenvalue weighted by Crippen LogP contribution is 2.27. The Morgan fingerprint density at radius 3 is 0.796 bits per heavy atom. The summed E-state index contributed by atoms with van der Waals surface area (Å²) in [6, 6.07) is 15.7. The van der Waals surface area contributed by atoms with Crippen LogP contribution in [0.1, 0.15) is 66.8 Å². The van der Waals surface area contributed by atoms with E-state index in [1.54, 1.807) is 0 Å². The fourth-order valence-corrected chi connectivity index (χ4v) is 9.56. The molecule has 0 N–H and O–H groups in total. The third kappa shape index (κ3) is 6.81. The van der Waals surface area contributed by atoms with E-state index in [2.05, 4.69) is 141 Å². The van der Waals surface area contributed by atoms with E-state index in [-0.39, 0.29) is 13.4 Å². The van der Waals surface area contributed by atoms with Crippen LogP contribution in [-0.4, -0.2) is 13.4 Å². The summed E-state index contributed by atoms with van der Waals surface area (Å²) in [4.78, 5) is 0. The summed E-state index contributed by atoms with van der Waals surface area (Å²) in [7, 11) is 0. The van der Waals surface area contributed by atoms with Crippen LogP contribution in [0, 0.1) is 83.1 Å². The number of hydrogen-bond donors (Lipinski definition) is 0. The van der Waals surface area contributed by atoms with Crippen molar-refractivity contribution in [3.8, 4) is 0 Å². The molecular formula is C42H43B2BrCl4. The van der Waals surface area contributed by atoms with Crippen molar-refractivity contribution in [3.63, 3.8) is 0 Å². The van der Waals surface area contributed by atoms with Crippen molar-refractivity contribution in [2.24, 2.45) is 0 Å². The molecule has 0 amide bonds. The number of aryl methyl sites for hydroxylation is 8. The largest absolute Gasteiger partial charge is 0.242 e. The van der Waals surface area contributed by atoms with Gasteiger partial charge in [-0.15, -0.1) is 0 Å². The van der Waals surface area contributed by atoms with Crippen molar-refractivity contribution in [2.45, 2.75) is 83.1 Å². The molecule has 0 radical (unpaired) electrons. The molecule has 5 rings (SSSR count). The lowest BCUT2D eigenvalue weighted by Gasteiger charge is -2.29. The zero-order valence-electron chi connectivity index (χ0n) is 30.6. The van der Waals surface area contributed by atoms with Crippen LogP contribution in [-0.2, 0) is 0 Å². The Labute approximate surface area is 323 Å². The molecule has 0 spiro atoms. The van der Waals surface area contributed by atoms with Crippen LogP contribution >= 0.6 is 62.3 Å². The first-order valence-electron chi connectivity index (χ1n) is 16.7. The Kier molecular flexibility index (Phi) is 11.3. The van der Waals surface area contributed by atoms with Crippen molar-refractivity contribution in [1.29, 1.82) is 0 Å². The van der Waals surface area contributed by atoms with E-state index >= 15 is 0 Å². The first kappa shape index (κ1) is 38.1. The molecule has 0 heterocycles. The van der Waals surface area contributed by atoms with Crippen LogP contribution in [0.15, 0.2) is 46.9 Å². The lowest BCUT2D eigenvalue weighted by atomic mass is 9.31. The number of halogens is 5. The first-order valence-corrected chi connectivity index (χ1v) is 19.0. The minimum Gasteiger partial charge on any atom is -0.0838 e. The number of rotatable bonds is 6. The molecule has 0 atom stereocenters. The fraction of sp³-hybridized carbons (Fsp3) is 0.286. The van der Waals surface area contributed by atoms with Crippen LogP contribution in [0.5, 0.6) is 0 Å². The second-order valence-corrected chi connectivity index (χ2v) is 16.6. The topological polar surface area (TPSA) is 0 Å². The van der Waals surface area contributed by atoms with Gasteiger partial charge in [0, 0.05) is 24.6 Å². The molecular weight excluding hydrogens is 748 g/mol. The van der Waals surface area contributed by atoms with Gasteiger partial charge in [-0.1, -0.05) is 160 Å². The molecule has 0 saturated carbocycles. The van der Waals surface area contributed by atoms with Crippen molar-refractivity contribution >= 4 is 109 Å². The fourth-order valence-electron chi connectivity index (χ4n) is 8.40. The molecule has 0 aromatic heterocycles. The summed E-state index contributed by atoms with van der Waals surface area (Å²) in [6.45, 7) is 25.5. The minimum atomic E-state index is -0.124. The van der Waals surface area contributed by atoms with Crippen molar-refractivity contribution in [1.82, 2.24) is 0 Å². The van der Waals surface area contributed by atoms with E-state index in [1.807, 2.05) is 0 Å². The Morgan fingerprint density at radius 2 is 0.571 bits per heavy atom. The van der Waals surface area contributed by atoms with Crippen molar-refractivity contribution in [3.05, 3.63) is 134 Å². The van der Waals surface area contributed by atoms with E-state index in [0.29, 0.717) is 0 Å². The summed E-state index contributed by atoms with van der Waals surface area (Å²) in [5.41, 5.74) is 20.6. The third-order valence-electron chi connectivity index (χ3n) is 10.5. The maximum atomic E-state index is 7.05. The Morgan fingerprint density at radius 1 is 0.347 bits per heavy atom. The molecule has 0 saturated heterocycles. The second kappa shape index (κ2) is 14.5. The van der Waals surface area contributed by atoms with Gasteiger partial charge in [-0.3, -0.25) is 0 Å². The predicted molar refractivity (Wildman–Crippen MR) is 226 cm³/mol. The molecule has 0 fully saturated rings. The highest BCUT2D eigenvalue weighted by atomic mass is 79.9. The molecule has 0 nitrogen and oxygen atoms in total.